The van der Waals surface area contributed by atoms with Crippen LogP contribution in [0, 0.1) is 5.92 Å². The minimum Gasteiger partial charge on any atom is -0.380 e. The molecule has 0 saturated heterocycles. The van der Waals surface area contributed by atoms with Crippen LogP contribution in [0.2, 0.25) is 0 Å². The molecule has 0 radical (unpaired) electrons. The zero-order valence-electron chi connectivity index (χ0n) is 12.5. The monoisotopic (exact) mass is 312 g/mol. The van der Waals surface area contributed by atoms with Crippen LogP contribution < -0.4 is 10.0 Å². The van der Waals surface area contributed by atoms with Crippen LogP contribution >= 0.6 is 0 Å². The van der Waals surface area contributed by atoms with E-state index < -0.39 is 10.0 Å². The van der Waals surface area contributed by atoms with E-state index in [1.165, 1.54) is 12.8 Å². The van der Waals surface area contributed by atoms with Crippen LogP contribution in [0.3, 0.4) is 0 Å². The lowest BCUT2D eigenvalue weighted by Gasteiger charge is -2.08. The maximum atomic E-state index is 11.9. The molecule has 1 aliphatic carbocycles. The Bertz CT molecular complexity index is 524. The van der Waals surface area contributed by atoms with Crippen molar-refractivity contribution < 1.29 is 13.2 Å². The molecule has 0 aliphatic heterocycles. The van der Waals surface area contributed by atoms with E-state index in [4.69, 9.17) is 4.74 Å². The number of rotatable bonds is 10. The molecular formula is C15H24N2O3S. The Hall–Kier alpha value is -0.950. The lowest BCUT2D eigenvalue weighted by Crippen LogP contribution is -2.28. The Morgan fingerprint density at radius 3 is 2.48 bits per heavy atom. The Kier molecular flexibility index (Phi) is 6.17. The molecule has 1 aromatic rings. The van der Waals surface area contributed by atoms with Crippen molar-refractivity contribution in [2.75, 3.05) is 26.8 Å². The fourth-order valence-corrected chi connectivity index (χ4v) is 3.16. The van der Waals surface area contributed by atoms with E-state index in [1.807, 2.05) is 31.3 Å². The van der Waals surface area contributed by atoms with Gasteiger partial charge in [0.15, 0.2) is 0 Å². The van der Waals surface area contributed by atoms with Gasteiger partial charge in [-0.25, -0.2) is 13.1 Å². The second kappa shape index (κ2) is 7.89. The van der Waals surface area contributed by atoms with Crippen molar-refractivity contribution >= 4 is 10.0 Å². The predicted molar refractivity (Wildman–Crippen MR) is 83.4 cm³/mol. The first-order valence-corrected chi connectivity index (χ1v) is 9.02. The van der Waals surface area contributed by atoms with Gasteiger partial charge in [-0.15, -0.1) is 0 Å². The second-order valence-electron chi connectivity index (χ2n) is 5.52. The van der Waals surface area contributed by atoms with Crippen molar-refractivity contribution in [1.82, 2.24) is 10.0 Å². The number of hydrogen-bond acceptors (Lipinski definition) is 4. The van der Waals surface area contributed by atoms with Crippen LogP contribution in [0.25, 0.3) is 0 Å². The van der Waals surface area contributed by atoms with Gasteiger partial charge >= 0.3 is 0 Å². The number of ether oxygens (including phenoxy) is 1. The molecule has 6 heteroatoms. The van der Waals surface area contributed by atoms with Crippen molar-refractivity contribution in [3.63, 3.8) is 0 Å². The lowest BCUT2D eigenvalue weighted by atomic mass is 10.1. The summed E-state index contributed by atoms with van der Waals surface area (Å²) in [5.41, 5.74) is 1.93. The van der Waals surface area contributed by atoms with E-state index in [1.54, 1.807) is 0 Å². The van der Waals surface area contributed by atoms with Gasteiger partial charge < -0.3 is 10.1 Å². The first kappa shape index (κ1) is 16.4. The van der Waals surface area contributed by atoms with Crippen molar-refractivity contribution in [2.24, 2.45) is 5.92 Å². The summed E-state index contributed by atoms with van der Waals surface area (Å²) in [6.07, 6.45) is 2.49. The van der Waals surface area contributed by atoms with Crippen molar-refractivity contribution in [2.45, 2.75) is 25.1 Å². The van der Waals surface area contributed by atoms with E-state index in [0.717, 1.165) is 24.3 Å². The normalized spacial score (nSPS) is 15.3. The summed E-state index contributed by atoms with van der Waals surface area (Å²) < 4.78 is 31.9. The topological polar surface area (TPSA) is 67.4 Å². The summed E-state index contributed by atoms with van der Waals surface area (Å²) >= 11 is 0. The van der Waals surface area contributed by atoms with Crippen LogP contribution in [0.4, 0.5) is 0 Å². The third-order valence-corrected chi connectivity index (χ3v) is 4.74. The van der Waals surface area contributed by atoms with Gasteiger partial charge in [-0.1, -0.05) is 24.3 Å². The Balaban J connectivity index is 1.71. The zero-order valence-corrected chi connectivity index (χ0v) is 13.3. The maximum absolute atomic E-state index is 11.9. The smallest absolute Gasteiger partial charge is 0.215 e. The molecule has 1 fully saturated rings. The van der Waals surface area contributed by atoms with Gasteiger partial charge in [-0.2, -0.15) is 0 Å². The van der Waals surface area contributed by atoms with Crippen LogP contribution in [-0.2, 0) is 27.1 Å². The molecule has 0 amide bonds. The van der Waals surface area contributed by atoms with Crippen LogP contribution in [0.5, 0.6) is 0 Å². The van der Waals surface area contributed by atoms with Crippen molar-refractivity contribution in [3.05, 3.63) is 35.4 Å². The van der Waals surface area contributed by atoms with Gasteiger partial charge in [0, 0.05) is 19.7 Å². The molecule has 1 aliphatic rings. The molecule has 1 saturated carbocycles. The van der Waals surface area contributed by atoms with Gasteiger partial charge in [-0.3, -0.25) is 0 Å². The van der Waals surface area contributed by atoms with Crippen molar-refractivity contribution in [1.29, 1.82) is 0 Å². The van der Waals surface area contributed by atoms with Crippen LogP contribution in [0.15, 0.2) is 24.3 Å². The van der Waals surface area contributed by atoms with Gasteiger partial charge in [0.05, 0.1) is 12.4 Å². The summed E-state index contributed by atoms with van der Waals surface area (Å²) in [5.74, 6) is 0.716. The molecule has 2 N–H and O–H groups in total. The fraction of sp³-hybridized carbons (Fsp3) is 0.600. The molecule has 0 heterocycles. The van der Waals surface area contributed by atoms with E-state index in [0.29, 0.717) is 19.1 Å². The predicted octanol–water partition coefficient (Wildman–Crippen LogP) is 1.25. The number of sulfonamides is 1. The summed E-state index contributed by atoms with van der Waals surface area (Å²) in [6, 6.07) is 7.60. The summed E-state index contributed by atoms with van der Waals surface area (Å²) in [7, 11) is -1.41. The van der Waals surface area contributed by atoms with E-state index in [9.17, 15) is 8.42 Å². The standard InChI is InChI=1S/C15H24N2O3S/c1-16-10-13-2-6-15(7-3-13)12-21(18,19)17-8-9-20-11-14-4-5-14/h2-3,6-7,14,16-17H,4-5,8-12H2,1H3. The third kappa shape index (κ3) is 6.56. The highest BCUT2D eigenvalue weighted by Gasteiger charge is 2.21. The quantitative estimate of drug-likeness (QED) is 0.638. The average Bonchev–Trinajstić information content (AvgIpc) is 3.25. The highest BCUT2D eigenvalue weighted by molar-refractivity contribution is 7.88. The van der Waals surface area contributed by atoms with Crippen LogP contribution in [-0.4, -0.2) is 35.2 Å². The summed E-state index contributed by atoms with van der Waals surface area (Å²) in [5, 5.41) is 3.06. The van der Waals surface area contributed by atoms with Crippen molar-refractivity contribution in [3.8, 4) is 0 Å². The molecule has 0 atom stereocenters. The molecule has 21 heavy (non-hydrogen) atoms. The molecule has 118 valence electrons. The number of nitrogens with one attached hydrogen (secondary N) is 2. The molecule has 2 rings (SSSR count). The molecular weight excluding hydrogens is 288 g/mol. The van der Waals surface area contributed by atoms with E-state index in [-0.39, 0.29) is 5.75 Å². The molecule has 1 aromatic carbocycles. The van der Waals surface area contributed by atoms with E-state index >= 15 is 0 Å². The zero-order chi connectivity index (χ0) is 15.1. The minimum absolute atomic E-state index is 0.00938. The maximum Gasteiger partial charge on any atom is 0.215 e. The fourth-order valence-electron chi connectivity index (χ4n) is 2.03. The number of hydrogen-bond donors (Lipinski definition) is 2. The third-order valence-electron chi connectivity index (χ3n) is 3.38. The average molecular weight is 312 g/mol. The summed E-state index contributed by atoms with van der Waals surface area (Å²) in [4.78, 5) is 0. The first-order valence-electron chi connectivity index (χ1n) is 7.36. The largest absolute Gasteiger partial charge is 0.380 e. The first-order chi connectivity index (χ1) is 10.1. The van der Waals surface area contributed by atoms with E-state index in [2.05, 4.69) is 10.0 Å². The molecule has 0 bridgehead atoms. The highest BCUT2D eigenvalue weighted by atomic mass is 32.2. The second-order valence-corrected chi connectivity index (χ2v) is 7.33. The SMILES string of the molecule is CNCc1ccc(CS(=O)(=O)NCCOCC2CC2)cc1. The molecule has 0 unspecified atom stereocenters. The Morgan fingerprint density at radius 2 is 1.86 bits per heavy atom. The van der Waals surface area contributed by atoms with Crippen LogP contribution in [0.1, 0.15) is 24.0 Å². The Labute approximate surface area is 127 Å². The minimum atomic E-state index is -3.29. The van der Waals surface area contributed by atoms with Gasteiger partial charge in [0.1, 0.15) is 0 Å². The van der Waals surface area contributed by atoms with Gasteiger partial charge in [-0.05, 0) is 36.9 Å². The highest BCUT2D eigenvalue weighted by Crippen LogP contribution is 2.28. The molecule has 0 spiro atoms. The Morgan fingerprint density at radius 1 is 1.19 bits per heavy atom. The molecule has 5 nitrogen and oxygen atoms in total. The van der Waals surface area contributed by atoms with Gasteiger partial charge in [0.2, 0.25) is 10.0 Å². The molecule has 0 aromatic heterocycles. The lowest BCUT2D eigenvalue weighted by molar-refractivity contribution is 0.129. The van der Waals surface area contributed by atoms with Gasteiger partial charge in [0.25, 0.3) is 0 Å². The number of benzene rings is 1. The summed E-state index contributed by atoms with van der Waals surface area (Å²) in [6.45, 7) is 2.32.